The maximum absolute atomic E-state index is 13.1. The number of amides is 2. The average Bonchev–Trinajstić information content (AvgIpc) is 2.55. The van der Waals surface area contributed by atoms with E-state index >= 15 is 0 Å². The Kier molecular flexibility index (Phi) is 7.43. The van der Waals surface area contributed by atoms with Gasteiger partial charge in [-0.2, -0.15) is 0 Å². The van der Waals surface area contributed by atoms with Gasteiger partial charge in [0.25, 0.3) is 0 Å². The quantitative estimate of drug-likeness (QED) is 0.416. The van der Waals surface area contributed by atoms with Gasteiger partial charge in [-0.1, -0.05) is 27.7 Å². The number of nitrogens with one attached hydrogen (secondary N) is 2. The monoisotopic (exact) mass is 410 g/mol. The van der Waals surface area contributed by atoms with Crippen LogP contribution in [0.5, 0.6) is 0 Å². The summed E-state index contributed by atoms with van der Waals surface area (Å²) in [5.74, 6) is -0.0926. The highest BCUT2D eigenvalue weighted by Gasteiger charge is 2.48. The lowest BCUT2D eigenvalue weighted by Gasteiger charge is -2.46. The van der Waals surface area contributed by atoms with E-state index in [1.54, 1.807) is 13.8 Å². The lowest BCUT2D eigenvalue weighted by molar-refractivity contribution is -0.148. The van der Waals surface area contributed by atoms with Crippen molar-refractivity contribution >= 4 is 11.8 Å². The van der Waals surface area contributed by atoms with Gasteiger partial charge in [0.15, 0.2) is 0 Å². The van der Waals surface area contributed by atoms with Gasteiger partial charge in [-0.3, -0.25) is 9.59 Å². The van der Waals surface area contributed by atoms with Crippen LogP contribution < -0.4 is 10.6 Å². The summed E-state index contributed by atoms with van der Waals surface area (Å²) in [5.41, 5.74) is -3.02. The van der Waals surface area contributed by atoms with Crippen LogP contribution in [0, 0.1) is 17.3 Å². The van der Waals surface area contributed by atoms with Crippen LogP contribution in [0.25, 0.3) is 0 Å². The van der Waals surface area contributed by atoms with E-state index in [1.165, 1.54) is 0 Å². The standard InChI is InChI=1S/C23H42N2O4/c1-15(2)13-17(22(28)9-7-10-22)24-19(26)21(5,6)20(27)25-18(14-16(3)4)23(29)11-8-12-23/h15-18,28-29H,7-14H2,1-6H3,(H,24,26)(H,25,27). The molecule has 0 aromatic heterocycles. The molecule has 0 aliphatic heterocycles. The first kappa shape index (κ1) is 24.1. The molecule has 2 aliphatic rings. The van der Waals surface area contributed by atoms with Gasteiger partial charge in [0.2, 0.25) is 11.8 Å². The zero-order valence-electron chi connectivity index (χ0n) is 19.2. The number of carbonyl (C=O) groups excluding carboxylic acids is 2. The van der Waals surface area contributed by atoms with Crippen molar-refractivity contribution in [3.63, 3.8) is 0 Å². The van der Waals surface area contributed by atoms with Crippen LogP contribution in [-0.4, -0.2) is 45.3 Å². The SMILES string of the molecule is CC(C)CC(NC(=O)C(C)(C)C(=O)NC(CC(C)C)C1(O)CCC1)C1(O)CCC1. The fraction of sp³-hybridized carbons (Fsp3) is 0.913. The minimum atomic E-state index is -1.29. The summed E-state index contributed by atoms with van der Waals surface area (Å²) in [4.78, 5) is 26.2. The van der Waals surface area contributed by atoms with Crippen LogP contribution in [0.4, 0.5) is 0 Å². The van der Waals surface area contributed by atoms with Crippen molar-refractivity contribution in [2.75, 3.05) is 0 Å². The minimum absolute atomic E-state index is 0.324. The second-order valence-corrected chi connectivity index (χ2v) is 10.9. The van der Waals surface area contributed by atoms with Crippen LogP contribution in [0.2, 0.25) is 0 Å². The normalized spacial score (nSPS) is 22.4. The molecule has 4 N–H and O–H groups in total. The van der Waals surface area contributed by atoms with Crippen LogP contribution in [0.15, 0.2) is 0 Å². The lowest BCUT2D eigenvalue weighted by atomic mass is 9.71. The van der Waals surface area contributed by atoms with Crippen LogP contribution in [-0.2, 0) is 9.59 Å². The Morgan fingerprint density at radius 3 is 1.31 bits per heavy atom. The molecule has 2 fully saturated rings. The number of aliphatic hydroxyl groups is 2. The number of hydrogen-bond acceptors (Lipinski definition) is 4. The van der Waals surface area contributed by atoms with E-state index in [0.29, 0.717) is 50.4 Å². The van der Waals surface area contributed by atoms with Crippen LogP contribution >= 0.6 is 0 Å². The van der Waals surface area contributed by atoms with Gasteiger partial charge in [-0.05, 0) is 77.0 Å². The molecule has 0 saturated heterocycles. The van der Waals surface area contributed by atoms with Crippen LogP contribution in [0.1, 0.15) is 92.9 Å². The van der Waals surface area contributed by atoms with Crippen molar-refractivity contribution < 1.29 is 19.8 Å². The van der Waals surface area contributed by atoms with Crippen molar-refractivity contribution in [3.8, 4) is 0 Å². The highest BCUT2D eigenvalue weighted by molar-refractivity contribution is 6.04. The zero-order chi connectivity index (χ0) is 22.0. The van der Waals surface area contributed by atoms with Crippen molar-refractivity contribution in [2.24, 2.45) is 17.3 Å². The van der Waals surface area contributed by atoms with Gasteiger partial charge in [0.05, 0.1) is 23.3 Å². The fourth-order valence-electron chi connectivity index (χ4n) is 4.32. The Hall–Kier alpha value is -1.14. The second-order valence-electron chi connectivity index (χ2n) is 10.9. The predicted octanol–water partition coefficient (Wildman–Crippen LogP) is 2.90. The molecule has 0 spiro atoms. The molecule has 0 aromatic rings. The summed E-state index contributed by atoms with van der Waals surface area (Å²) < 4.78 is 0. The van der Waals surface area contributed by atoms with Crippen molar-refractivity contribution in [3.05, 3.63) is 0 Å². The van der Waals surface area contributed by atoms with E-state index in [1.807, 2.05) is 0 Å². The molecule has 0 radical (unpaired) electrons. The molecular formula is C23H42N2O4. The first-order chi connectivity index (χ1) is 13.3. The lowest BCUT2D eigenvalue weighted by Crippen LogP contribution is -2.63. The summed E-state index contributed by atoms with van der Waals surface area (Å²) in [7, 11) is 0. The number of rotatable bonds is 10. The summed E-state index contributed by atoms with van der Waals surface area (Å²) in [6.45, 7) is 11.5. The van der Waals surface area contributed by atoms with E-state index in [4.69, 9.17) is 0 Å². The Bertz CT molecular complexity index is 542. The molecule has 29 heavy (non-hydrogen) atoms. The maximum Gasteiger partial charge on any atom is 0.235 e. The van der Waals surface area contributed by atoms with Gasteiger partial charge >= 0.3 is 0 Å². The Morgan fingerprint density at radius 2 is 1.10 bits per heavy atom. The largest absolute Gasteiger partial charge is 0.388 e. The summed E-state index contributed by atoms with van der Waals surface area (Å²) in [5, 5.41) is 27.6. The molecule has 2 rings (SSSR count). The molecule has 0 bridgehead atoms. The molecule has 0 aromatic carbocycles. The smallest absolute Gasteiger partial charge is 0.235 e. The van der Waals surface area contributed by atoms with E-state index < -0.39 is 16.6 Å². The van der Waals surface area contributed by atoms with E-state index in [9.17, 15) is 19.8 Å². The van der Waals surface area contributed by atoms with E-state index in [2.05, 4.69) is 38.3 Å². The van der Waals surface area contributed by atoms with Gasteiger partial charge in [-0.25, -0.2) is 0 Å². The second kappa shape index (κ2) is 8.93. The molecule has 2 amide bonds. The minimum Gasteiger partial charge on any atom is -0.388 e. The molecule has 0 heterocycles. The van der Waals surface area contributed by atoms with Gasteiger partial charge in [0, 0.05) is 0 Å². The highest BCUT2D eigenvalue weighted by atomic mass is 16.3. The first-order valence-electron chi connectivity index (χ1n) is 11.4. The van der Waals surface area contributed by atoms with E-state index in [-0.39, 0.29) is 23.9 Å². The molecular weight excluding hydrogens is 368 g/mol. The van der Waals surface area contributed by atoms with Crippen molar-refractivity contribution in [2.45, 2.75) is 116 Å². The average molecular weight is 411 g/mol. The Morgan fingerprint density at radius 1 is 0.793 bits per heavy atom. The molecule has 6 heteroatoms. The Labute approximate surface area is 176 Å². The number of hydrogen-bond donors (Lipinski definition) is 4. The van der Waals surface area contributed by atoms with Gasteiger partial charge in [-0.15, -0.1) is 0 Å². The Balaban J connectivity index is 2.07. The molecule has 2 aliphatic carbocycles. The fourth-order valence-corrected chi connectivity index (χ4v) is 4.32. The molecule has 168 valence electrons. The zero-order valence-corrected chi connectivity index (χ0v) is 19.2. The van der Waals surface area contributed by atoms with Crippen LogP contribution in [0.3, 0.4) is 0 Å². The van der Waals surface area contributed by atoms with E-state index in [0.717, 1.165) is 12.8 Å². The topological polar surface area (TPSA) is 98.7 Å². The molecule has 2 unspecified atom stereocenters. The van der Waals surface area contributed by atoms with Crippen molar-refractivity contribution in [1.82, 2.24) is 10.6 Å². The number of carbonyl (C=O) groups is 2. The maximum atomic E-state index is 13.1. The molecule has 2 saturated carbocycles. The molecule has 2 atom stereocenters. The third kappa shape index (κ3) is 5.52. The first-order valence-corrected chi connectivity index (χ1v) is 11.4. The summed E-state index contributed by atoms with van der Waals surface area (Å²) in [6, 6.07) is -0.698. The van der Waals surface area contributed by atoms with Gasteiger partial charge in [0.1, 0.15) is 5.41 Å². The highest BCUT2D eigenvalue weighted by Crippen LogP contribution is 2.39. The summed E-state index contributed by atoms with van der Waals surface area (Å²) >= 11 is 0. The molecule has 6 nitrogen and oxygen atoms in total. The van der Waals surface area contributed by atoms with Crippen molar-refractivity contribution in [1.29, 1.82) is 0 Å². The third-order valence-electron chi connectivity index (χ3n) is 6.90. The summed E-state index contributed by atoms with van der Waals surface area (Å²) in [6.07, 6.45) is 6.00. The predicted molar refractivity (Wildman–Crippen MR) is 114 cm³/mol. The van der Waals surface area contributed by atoms with Gasteiger partial charge < -0.3 is 20.8 Å². The third-order valence-corrected chi connectivity index (χ3v) is 6.90.